The summed E-state index contributed by atoms with van der Waals surface area (Å²) in [5.74, 6) is 0.473. The van der Waals surface area contributed by atoms with E-state index in [0.717, 1.165) is 38.0 Å². The normalized spacial score (nSPS) is 18.5. The number of nitrogens with zero attached hydrogens (tertiary/aromatic N) is 1. The van der Waals surface area contributed by atoms with E-state index >= 15 is 0 Å². The minimum Gasteiger partial charge on any atom is -0.396 e. The predicted octanol–water partition coefficient (Wildman–Crippen LogP) is 3.20. The average Bonchev–Trinajstić information content (AvgIpc) is 2.36. The van der Waals surface area contributed by atoms with Crippen LogP contribution < -0.4 is 0 Å². The van der Waals surface area contributed by atoms with Crippen molar-refractivity contribution < 1.29 is 5.11 Å². The first-order valence-electron chi connectivity index (χ1n) is 5.97. The molecule has 0 amide bonds. The summed E-state index contributed by atoms with van der Waals surface area (Å²) in [6, 6.07) is 5.77. The summed E-state index contributed by atoms with van der Waals surface area (Å²) < 4.78 is 0. The molecule has 0 atom stereocenters. The lowest BCUT2D eigenvalue weighted by Gasteiger charge is -2.31. The van der Waals surface area contributed by atoms with Crippen LogP contribution in [0.15, 0.2) is 18.2 Å². The number of halogens is 2. The van der Waals surface area contributed by atoms with Gasteiger partial charge in [-0.15, -0.1) is 0 Å². The second kappa shape index (κ2) is 6.05. The molecule has 0 spiro atoms. The molecule has 1 fully saturated rings. The molecule has 1 aromatic rings. The number of rotatable bonds is 3. The van der Waals surface area contributed by atoms with Crippen LogP contribution >= 0.6 is 23.2 Å². The van der Waals surface area contributed by atoms with Crippen LogP contribution in [0.25, 0.3) is 0 Å². The molecular weight excluding hydrogens is 257 g/mol. The van der Waals surface area contributed by atoms with Crippen LogP contribution in [-0.4, -0.2) is 29.7 Å². The van der Waals surface area contributed by atoms with Gasteiger partial charge in [-0.05, 0) is 43.5 Å². The van der Waals surface area contributed by atoms with Gasteiger partial charge in [-0.3, -0.25) is 4.90 Å². The fourth-order valence-electron chi connectivity index (χ4n) is 2.24. The molecule has 1 heterocycles. The van der Waals surface area contributed by atoms with E-state index in [9.17, 15) is 0 Å². The van der Waals surface area contributed by atoms with Gasteiger partial charge in [0, 0.05) is 13.2 Å². The SMILES string of the molecule is OCC1CCN(Cc2cccc(Cl)c2Cl)CC1. The highest BCUT2D eigenvalue weighted by atomic mass is 35.5. The van der Waals surface area contributed by atoms with Gasteiger partial charge >= 0.3 is 0 Å². The lowest BCUT2D eigenvalue weighted by molar-refractivity contribution is 0.127. The van der Waals surface area contributed by atoms with Crippen molar-refractivity contribution in [3.05, 3.63) is 33.8 Å². The molecule has 1 saturated heterocycles. The van der Waals surface area contributed by atoms with Gasteiger partial charge < -0.3 is 5.11 Å². The van der Waals surface area contributed by atoms with E-state index in [1.54, 1.807) is 0 Å². The van der Waals surface area contributed by atoms with Gasteiger partial charge in [0.15, 0.2) is 0 Å². The van der Waals surface area contributed by atoms with E-state index in [2.05, 4.69) is 4.90 Å². The Morgan fingerprint density at radius 2 is 1.94 bits per heavy atom. The van der Waals surface area contributed by atoms with Gasteiger partial charge in [0.05, 0.1) is 10.0 Å². The number of aliphatic hydroxyl groups excluding tert-OH is 1. The van der Waals surface area contributed by atoms with E-state index in [0.29, 0.717) is 22.6 Å². The first-order valence-corrected chi connectivity index (χ1v) is 6.72. The number of benzene rings is 1. The number of likely N-dealkylation sites (tertiary alicyclic amines) is 1. The molecule has 4 heteroatoms. The van der Waals surface area contributed by atoms with Crippen LogP contribution in [0.4, 0.5) is 0 Å². The summed E-state index contributed by atoms with van der Waals surface area (Å²) >= 11 is 12.2. The summed E-state index contributed by atoms with van der Waals surface area (Å²) in [6.45, 7) is 3.20. The molecule has 1 aliphatic heterocycles. The Kier molecular flexibility index (Phi) is 4.69. The lowest BCUT2D eigenvalue weighted by Crippen LogP contribution is -2.34. The highest BCUT2D eigenvalue weighted by Gasteiger charge is 2.19. The molecule has 17 heavy (non-hydrogen) atoms. The van der Waals surface area contributed by atoms with Crippen molar-refractivity contribution in [2.24, 2.45) is 5.92 Å². The summed E-state index contributed by atoms with van der Waals surface area (Å²) in [7, 11) is 0. The average molecular weight is 274 g/mol. The van der Waals surface area contributed by atoms with Crippen molar-refractivity contribution in [3.8, 4) is 0 Å². The fourth-order valence-corrected chi connectivity index (χ4v) is 2.62. The maximum Gasteiger partial charge on any atom is 0.0637 e. The molecule has 0 radical (unpaired) electrons. The van der Waals surface area contributed by atoms with Crippen LogP contribution in [0.1, 0.15) is 18.4 Å². The van der Waals surface area contributed by atoms with Crippen LogP contribution in [0.5, 0.6) is 0 Å². The van der Waals surface area contributed by atoms with Crippen molar-refractivity contribution in [1.29, 1.82) is 0 Å². The minimum absolute atomic E-state index is 0.311. The van der Waals surface area contributed by atoms with E-state index in [1.165, 1.54) is 0 Å². The molecule has 2 nitrogen and oxygen atoms in total. The van der Waals surface area contributed by atoms with Crippen LogP contribution in [0.3, 0.4) is 0 Å². The third kappa shape index (κ3) is 3.35. The zero-order valence-electron chi connectivity index (χ0n) is 9.70. The Hall–Kier alpha value is -0.280. The molecule has 0 aliphatic carbocycles. The number of piperidine rings is 1. The zero-order chi connectivity index (χ0) is 12.3. The molecular formula is C13H17Cl2NO. The largest absolute Gasteiger partial charge is 0.396 e. The maximum atomic E-state index is 9.09. The molecule has 2 rings (SSSR count). The van der Waals surface area contributed by atoms with Gasteiger partial charge in [0.1, 0.15) is 0 Å². The summed E-state index contributed by atoms with van der Waals surface area (Å²) in [5.41, 5.74) is 1.08. The Labute approximate surface area is 112 Å². The maximum absolute atomic E-state index is 9.09. The highest BCUT2D eigenvalue weighted by Crippen LogP contribution is 2.27. The summed E-state index contributed by atoms with van der Waals surface area (Å²) in [6.07, 6.45) is 2.13. The highest BCUT2D eigenvalue weighted by molar-refractivity contribution is 6.42. The van der Waals surface area contributed by atoms with Crippen LogP contribution in [0.2, 0.25) is 10.0 Å². The molecule has 94 valence electrons. The predicted molar refractivity (Wildman–Crippen MR) is 71.5 cm³/mol. The van der Waals surface area contributed by atoms with Crippen molar-refractivity contribution in [3.63, 3.8) is 0 Å². The Morgan fingerprint density at radius 3 is 2.59 bits per heavy atom. The van der Waals surface area contributed by atoms with E-state index in [1.807, 2.05) is 18.2 Å². The van der Waals surface area contributed by atoms with Crippen LogP contribution in [0, 0.1) is 5.92 Å². The van der Waals surface area contributed by atoms with Crippen molar-refractivity contribution in [2.75, 3.05) is 19.7 Å². The molecule has 1 aromatic carbocycles. The summed E-state index contributed by atoms with van der Waals surface area (Å²) in [5, 5.41) is 10.4. The Morgan fingerprint density at radius 1 is 1.24 bits per heavy atom. The standard InChI is InChI=1S/C13H17Cl2NO/c14-12-3-1-2-11(13(12)15)8-16-6-4-10(9-17)5-7-16/h1-3,10,17H,4-9H2. The number of aliphatic hydroxyl groups is 1. The van der Waals surface area contributed by atoms with Gasteiger partial charge in [0.25, 0.3) is 0 Å². The summed E-state index contributed by atoms with van der Waals surface area (Å²) in [4.78, 5) is 2.36. The Balaban J connectivity index is 1.95. The Bertz CT molecular complexity index is 376. The topological polar surface area (TPSA) is 23.5 Å². The molecule has 0 aromatic heterocycles. The molecule has 0 bridgehead atoms. The van der Waals surface area contributed by atoms with Crippen molar-refractivity contribution in [2.45, 2.75) is 19.4 Å². The van der Waals surface area contributed by atoms with E-state index in [-0.39, 0.29) is 0 Å². The quantitative estimate of drug-likeness (QED) is 0.915. The molecule has 0 saturated carbocycles. The van der Waals surface area contributed by atoms with E-state index in [4.69, 9.17) is 28.3 Å². The third-order valence-electron chi connectivity index (χ3n) is 3.39. The zero-order valence-corrected chi connectivity index (χ0v) is 11.2. The second-order valence-electron chi connectivity index (χ2n) is 4.62. The smallest absolute Gasteiger partial charge is 0.0637 e. The molecule has 0 unspecified atom stereocenters. The molecule has 1 N–H and O–H groups in total. The lowest BCUT2D eigenvalue weighted by atomic mass is 9.97. The minimum atomic E-state index is 0.311. The fraction of sp³-hybridized carbons (Fsp3) is 0.538. The second-order valence-corrected chi connectivity index (χ2v) is 5.40. The van der Waals surface area contributed by atoms with Crippen molar-refractivity contribution >= 4 is 23.2 Å². The van der Waals surface area contributed by atoms with Gasteiger partial charge in [-0.2, -0.15) is 0 Å². The van der Waals surface area contributed by atoms with E-state index < -0.39 is 0 Å². The van der Waals surface area contributed by atoms with Gasteiger partial charge in [-0.25, -0.2) is 0 Å². The molecule has 1 aliphatic rings. The number of hydrogen-bond donors (Lipinski definition) is 1. The third-order valence-corrected chi connectivity index (χ3v) is 4.25. The number of hydrogen-bond acceptors (Lipinski definition) is 2. The van der Waals surface area contributed by atoms with Crippen molar-refractivity contribution in [1.82, 2.24) is 4.90 Å². The van der Waals surface area contributed by atoms with Crippen LogP contribution in [-0.2, 0) is 6.54 Å². The first kappa shape index (κ1) is 13.2. The van der Waals surface area contributed by atoms with Gasteiger partial charge in [0.2, 0.25) is 0 Å². The van der Waals surface area contributed by atoms with Gasteiger partial charge in [-0.1, -0.05) is 35.3 Å². The monoisotopic (exact) mass is 273 g/mol. The first-order chi connectivity index (χ1) is 8.20.